The van der Waals surface area contributed by atoms with E-state index < -0.39 is 28.7 Å². The summed E-state index contributed by atoms with van der Waals surface area (Å²) in [6.45, 7) is 5.81. The van der Waals surface area contributed by atoms with E-state index in [1.807, 2.05) is 13.8 Å². The Labute approximate surface area is 245 Å². The quantitative estimate of drug-likeness (QED) is 0.402. The highest BCUT2D eigenvalue weighted by molar-refractivity contribution is 6.01. The Bertz CT molecular complexity index is 1590. The summed E-state index contributed by atoms with van der Waals surface area (Å²) in [4.78, 5) is 30.7. The van der Waals surface area contributed by atoms with Gasteiger partial charge in [0.25, 0.3) is 0 Å². The molecule has 2 atom stereocenters. The van der Waals surface area contributed by atoms with Gasteiger partial charge in [0.1, 0.15) is 5.82 Å². The maximum Gasteiger partial charge on any atom is 0.234 e. The third-order valence-corrected chi connectivity index (χ3v) is 10.0. The molecule has 3 aliphatic rings. The van der Waals surface area contributed by atoms with Crippen molar-refractivity contribution in [2.45, 2.75) is 82.3 Å². The lowest BCUT2D eigenvalue weighted by atomic mass is 9.66. The van der Waals surface area contributed by atoms with Gasteiger partial charge in [-0.05, 0) is 54.5 Å². The molecular weight excluding hydrogens is 531 g/mol. The number of carbonyl (C=O) groups excluding carboxylic acids is 2. The molecule has 0 spiro atoms. The second-order valence-corrected chi connectivity index (χ2v) is 13.1. The average Bonchev–Trinajstić information content (AvgIpc) is 3.46. The number of rotatable bonds is 5. The molecule has 2 aromatic carbocycles. The van der Waals surface area contributed by atoms with Gasteiger partial charge in [-0.1, -0.05) is 57.0 Å². The van der Waals surface area contributed by atoms with Gasteiger partial charge in [-0.3, -0.25) is 24.8 Å². The molecule has 0 radical (unpaired) electrons. The first kappa shape index (κ1) is 28.4. The number of likely N-dealkylation sites (tertiary alicyclic amines) is 1. The third kappa shape index (κ3) is 4.79. The lowest BCUT2D eigenvalue weighted by Crippen LogP contribution is -2.55. The zero-order valence-corrected chi connectivity index (χ0v) is 24.3. The molecule has 8 heteroatoms. The molecule has 0 bridgehead atoms. The molecule has 2 N–H and O–H groups in total. The minimum absolute atomic E-state index is 0.228. The van der Waals surface area contributed by atoms with E-state index in [1.54, 1.807) is 24.4 Å². The molecule has 1 aliphatic carbocycles. The Morgan fingerprint density at radius 2 is 1.86 bits per heavy atom. The lowest BCUT2D eigenvalue weighted by Gasteiger charge is -2.50. The minimum Gasteiger partial charge on any atom is -0.384 e. The maximum absolute atomic E-state index is 16.2. The lowest BCUT2D eigenvalue weighted by molar-refractivity contribution is -0.134. The second-order valence-electron chi connectivity index (χ2n) is 13.1. The molecule has 218 valence electrons. The SMILES string of the molecule is CC1(C)CN(Cc2ccc(C3(C#N)CCCC3)cc2)CC[C@]1(O)c1ccc2ncc(C3CCC(=O)NC3=O)cc2c1F. The van der Waals surface area contributed by atoms with Crippen molar-refractivity contribution in [2.24, 2.45) is 5.41 Å². The topological polar surface area (TPSA) is 106 Å². The van der Waals surface area contributed by atoms with Crippen molar-refractivity contribution in [3.05, 3.63) is 76.7 Å². The minimum atomic E-state index is -1.40. The van der Waals surface area contributed by atoms with Crippen molar-refractivity contribution in [1.29, 1.82) is 5.26 Å². The van der Waals surface area contributed by atoms with Gasteiger partial charge in [-0.25, -0.2) is 4.39 Å². The number of amides is 2. The number of aliphatic hydroxyl groups is 1. The fraction of sp³-hybridized carbons (Fsp3) is 0.471. The van der Waals surface area contributed by atoms with E-state index in [-0.39, 0.29) is 28.7 Å². The number of nitrogens with one attached hydrogen (secondary N) is 1. The van der Waals surface area contributed by atoms with Crippen molar-refractivity contribution in [3.63, 3.8) is 0 Å². The van der Waals surface area contributed by atoms with Crippen molar-refractivity contribution < 1.29 is 19.1 Å². The standard InChI is InChI=1S/C34H37FN4O3/c1-32(2)21-39(19-22-5-7-24(8-6-22)33(20-36)13-3-4-14-33)16-15-34(32,42)27-10-11-28-26(30(27)35)17-23(18-37-28)25-9-12-29(40)38-31(25)41/h5-8,10-11,17-18,25,42H,3-4,9,12-16,19,21H2,1-2H3,(H,38,40,41)/t25?,34-/m0/s1. The molecule has 1 aromatic heterocycles. The molecule has 2 amide bonds. The van der Waals surface area contributed by atoms with Crippen LogP contribution in [0.4, 0.5) is 4.39 Å². The summed E-state index contributed by atoms with van der Waals surface area (Å²) in [6.07, 6.45) is 6.53. The summed E-state index contributed by atoms with van der Waals surface area (Å²) in [5.41, 5.74) is 1.07. The van der Waals surface area contributed by atoms with Crippen molar-refractivity contribution in [1.82, 2.24) is 15.2 Å². The maximum atomic E-state index is 16.2. The van der Waals surface area contributed by atoms with Crippen LogP contribution < -0.4 is 5.32 Å². The molecule has 2 aliphatic heterocycles. The van der Waals surface area contributed by atoms with Crippen molar-refractivity contribution >= 4 is 22.7 Å². The molecule has 1 saturated carbocycles. The Kier molecular flexibility index (Phi) is 7.15. The van der Waals surface area contributed by atoms with Gasteiger partial charge >= 0.3 is 0 Å². The number of aromatic nitrogens is 1. The number of carbonyl (C=O) groups is 2. The zero-order chi connectivity index (χ0) is 29.7. The molecule has 3 aromatic rings. The van der Waals surface area contributed by atoms with E-state index in [0.29, 0.717) is 43.6 Å². The first-order valence-electron chi connectivity index (χ1n) is 14.9. The van der Waals surface area contributed by atoms with Crippen molar-refractivity contribution in [3.8, 4) is 6.07 Å². The Balaban J connectivity index is 1.22. The van der Waals surface area contributed by atoms with Gasteiger partial charge in [0.05, 0.1) is 28.5 Å². The van der Waals surface area contributed by atoms with Crippen LogP contribution in [0.2, 0.25) is 0 Å². The second kappa shape index (κ2) is 10.6. The van der Waals surface area contributed by atoms with Crippen LogP contribution in [-0.2, 0) is 27.1 Å². The Morgan fingerprint density at radius 3 is 2.52 bits per heavy atom. The number of nitriles is 1. The molecule has 7 nitrogen and oxygen atoms in total. The average molecular weight is 569 g/mol. The van der Waals surface area contributed by atoms with Crippen LogP contribution in [0.15, 0.2) is 48.7 Å². The predicted octanol–water partition coefficient (Wildman–Crippen LogP) is 5.35. The van der Waals surface area contributed by atoms with E-state index in [2.05, 4.69) is 45.5 Å². The number of hydrogen-bond acceptors (Lipinski definition) is 6. The van der Waals surface area contributed by atoms with Crippen LogP contribution in [0, 0.1) is 22.6 Å². The molecular formula is C34H37FN4O3. The van der Waals surface area contributed by atoms with Gasteiger partial charge in [0, 0.05) is 48.6 Å². The molecule has 42 heavy (non-hydrogen) atoms. The molecule has 6 rings (SSSR count). The van der Waals surface area contributed by atoms with E-state index in [0.717, 1.165) is 36.8 Å². The first-order valence-corrected chi connectivity index (χ1v) is 14.9. The highest BCUT2D eigenvalue weighted by atomic mass is 19.1. The van der Waals surface area contributed by atoms with Crippen LogP contribution in [-0.4, -0.2) is 39.9 Å². The number of hydrogen-bond donors (Lipinski definition) is 2. The number of nitrogens with zero attached hydrogens (tertiary/aromatic N) is 3. The Hall–Kier alpha value is -3.67. The number of halogens is 1. The van der Waals surface area contributed by atoms with Gasteiger partial charge < -0.3 is 5.11 Å². The van der Waals surface area contributed by atoms with Crippen LogP contribution in [0.25, 0.3) is 10.9 Å². The highest BCUT2D eigenvalue weighted by Gasteiger charge is 2.50. The number of fused-ring (bicyclic) bond motifs is 1. The van der Waals surface area contributed by atoms with Crippen LogP contribution >= 0.6 is 0 Å². The zero-order valence-electron chi connectivity index (χ0n) is 24.3. The summed E-state index contributed by atoms with van der Waals surface area (Å²) >= 11 is 0. The number of benzene rings is 2. The number of pyridine rings is 1. The Morgan fingerprint density at radius 1 is 1.12 bits per heavy atom. The predicted molar refractivity (Wildman–Crippen MR) is 157 cm³/mol. The van der Waals surface area contributed by atoms with Crippen molar-refractivity contribution in [2.75, 3.05) is 13.1 Å². The summed E-state index contributed by atoms with van der Waals surface area (Å²) in [5, 5.41) is 24.5. The van der Waals surface area contributed by atoms with Crippen LogP contribution in [0.1, 0.15) is 87.0 Å². The highest BCUT2D eigenvalue weighted by Crippen LogP contribution is 2.48. The van der Waals surface area contributed by atoms with E-state index in [4.69, 9.17) is 0 Å². The van der Waals surface area contributed by atoms with Crippen LogP contribution in [0.3, 0.4) is 0 Å². The fourth-order valence-corrected chi connectivity index (χ4v) is 7.39. The summed E-state index contributed by atoms with van der Waals surface area (Å²) in [5.74, 6) is -1.79. The van der Waals surface area contributed by atoms with E-state index >= 15 is 4.39 Å². The monoisotopic (exact) mass is 568 g/mol. The van der Waals surface area contributed by atoms with E-state index in [9.17, 15) is 20.0 Å². The first-order chi connectivity index (χ1) is 20.0. The third-order valence-electron chi connectivity index (χ3n) is 10.0. The van der Waals surface area contributed by atoms with Gasteiger partial charge in [0.15, 0.2) is 0 Å². The summed E-state index contributed by atoms with van der Waals surface area (Å²) in [6, 6.07) is 16.0. The van der Waals surface area contributed by atoms with E-state index in [1.165, 1.54) is 0 Å². The van der Waals surface area contributed by atoms with Crippen LogP contribution in [0.5, 0.6) is 0 Å². The number of piperidine rings is 2. The van der Waals surface area contributed by atoms with Gasteiger partial charge in [-0.15, -0.1) is 0 Å². The summed E-state index contributed by atoms with van der Waals surface area (Å²) < 4.78 is 16.2. The molecule has 2 saturated heterocycles. The van der Waals surface area contributed by atoms with Gasteiger partial charge in [-0.2, -0.15) is 5.26 Å². The molecule has 3 fully saturated rings. The number of imide groups is 1. The summed E-state index contributed by atoms with van der Waals surface area (Å²) in [7, 11) is 0. The largest absolute Gasteiger partial charge is 0.384 e. The normalized spacial score (nSPS) is 25.7. The smallest absolute Gasteiger partial charge is 0.234 e. The molecule has 1 unspecified atom stereocenters. The fourth-order valence-electron chi connectivity index (χ4n) is 7.39. The molecule has 3 heterocycles. The van der Waals surface area contributed by atoms with Gasteiger partial charge in [0.2, 0.25) is 11.8 Å².